The lowest BCUT2D eigenvalue weighted by Crippen LogP contribution is -2.47. The Labute approximate surface area is 152 Å². The predicted molar refractivity (Wildman–Crippen MR) is 99.9 cm³/mol. The van der Waals surface area contributed by atoms with E-state index in [1.165, 1.54) is 0 Å². The smallest absolute Gasteiger partial charge is 0.269 e. The Bertz CT molecular complexity index is 884. The van der Waals surface area contributed by atoms with Crippen LogP contribution in [0.3, 0.4) is 0 Å². The molecule has 0 aliphatic carbocycles. The summed E-state index contributed by atoms with van der Waals surface area (Å²) in [5, 5.41) is 14.5. The molecule has 1 aromatic carbocycles. The van der Waals surface area contributed by atoms with E-state index in [4.69, 9.17) is 0 Å². The van der Waals surface area contributed by atoms with E-state index >= 15 is 0 Å². The minimum absolute atomic E-state index is 0.111. The van der Waals surface area contributed by atoms with Crippen LogP contribution in [0.5, 0.6) is 0 Å². The Kier molecular flexibility index (Phi) is 4.43. The molecule has 3 aromatic rings. The van der Waals surface area contributed by atoms with Crippen LogP contribution in [0.1, 0.15) is 23.3 Å². The molecule has 1 saturated heterocycles. The molecule has 1 atom stereocenters. The number of aromatic nitrogens is 4. The molecule has 0 radical (unpaired) electrons. The van der Waals surface area contributed by atoms with Gasteiger partial charge in [-0.25, -0.2) is 0 Å². The fourth-order valence-corrected chi connectivity index (χ4v) is 3.36. The van der Waals surface area contributed by atoms with Gasteiger partial charge in [0.1, 0.15) is 5.69 Å². The lowest BCUT2D eigenvalue weighted by Gasteiger charge is -2.33. The third-order valence-electron chi connectivity index (χ3n) is 4.71. The van der Waals surface area contributed by atoms with Gasteiger partial charge in [-0.3, -0.25) is 14.6 Å². The van der Waals surface area contributed by atoms with Crippen LogP contribution in [0, 0.1) is 0 Å². The molecule has 3 heterocycles. The zero-order chi connectivity index (χ0) is 17.9. The summed E-state index contributed by atoms with van der Waals surface area (Å²) in [4.78, 5) is 14.9. The second-order valence-corrected chi connectivity index (χ2v) is 6.66. The molecule has 7 heteroatoms. The lowest BCUT2D eigenvalue weighted by atomic mass is 10.1. The second-order valence-electron chi connectivity index (χ2n) is 6.66. The normalized spacial score (nSPS) is 17.3. The van der Waals surface area contributed by atoms with Crippen LogP contribution in [0.4, 0.5) is 5.69 Å². The molecule has 0 spiro atoms. The third-order valence-corrected chi connectivity index (χ3v) is 4.71. The molecule has 1 fully saturated rings. The third kappa shape index (κ3) is 3.46. The molecule has 7 nitrogen and oxygen atoms in total. The first-order valence-corrected chi connectivity index (χ1v) is 8.84. The number of aromatic amines is 1. The highest BCUT2D eigenvalue weighted by Crippen LogP contribution is 2.20. The van der Waals surface area contributed by atoms with Crippen molar-refractivity contribution < 1.29 is 4.79 Å². The van der Waals surface area contributed by atoms with Crippen LogP contribution in [-0.2, 0) is 7.05 Å². The molecule has 26 heavy (non-hydrogen) atoms. The first kappa shape index (κ1) is 16.4. The monoisotopic (exact) mass is 350 g/mol. The minimum Gasteiger partial charge on any atom is -0.367 e. The number of nitrogens with zero attached hydrogens (tertiary/aromatic N) is 4. The maximum Gasteiger partial charge on any atom is 0.269 e. The number of aryl methyl sites for hydroxylation is 1. The van der Waals surface area contributed by atoms with Gasteiger partial charge in [-0.1, -0.05) is 30.3 Å². The highest BCUT2D eigenvalue weighted by Gasteiger charge is 2.23. The Balaban J connectivity index is 1.41. The van der Waals surface area contributed by atoms with Crippen molar-refractivity contribution in [1.82, 2.24) is 25.3 Å². The largest absolute Gasteiger partial charge is 0.367 e. The molecule has 1 unspecified atom stereocenters. The molecule has 0 bridgehead atoms. The summed E-state index contributed by atoms with van der Waals surface area (Å²) in [6.45, 7) is 1.78. The number of rotatable bonds is 4. The number of amides is 1. The average molecular weight is 350 g/mol. The molecule has 1 amide bonds. The standard InChI is InChI=1S/C19H22N6O/c1-24-13-16(11-20-24)25-9-5-8-15(12-25)21-19(26)18-10-17(22-23-18)14-6-3-2-4-7-14/h2-4,6-7,10-11,13,15H,5,8-9,12H2,1H3,(H,21,26)(H,22,23). The molecular weight excluding hydrogens is 328 g/mol. The van der Waals surface area contributed by atoms with Gasteiger partial charge < -0.3 is 10.2 Å². The highest BCUT2D eigenvalue weighted by molar-refractivity contribution is 5.93. The zero-order valence-corrected chi connectivity index (χ0v) is 14.7. The van der Waals surface area contributed by atoms with E-state index in [0.717, 1.165) is 42.9 Å². The summed E-state index contributed by atoms with van der Waals surface area (Å²) in [6, 6.07) is 11.7. The van der Waals surface area contributed by atoms with Gasteiger partial charge in [-0.05, 0) is 18.9 Å². The average Bonchev–Trinajstić information content (AvgIpc) is 3.32. The van der Waals surface area contributed by atoms with Crippen molar-refractivity contribution in [3.63, 3.8) is 0 Å². The van der Waals surface area contributed by atoms with E-state index in [1.807, 2.05) is 49.8 Å². The van der Waals surface area contributed by atoms with Crippen molar-refractivity contribution >= 4 is 11.6 Å². The number of benzene rings is 1. The van der Waals surface area contributed by atoms with Gasteiger partial charge >= 0.3 is 0 Å². The SMILES string of the molecule is Cn1cc(N2CCCC(NC(=O)c3cc(-c4ccccc4)n[nH]3)C2)cn1. The number of anilines is 1. The number of carbonyl (C=O) groups is 1. The van der Waals surface area contributed by atoms with E-state index in [9.17, 15) is 4.79 Å². The summed E-state index contributed by atoms with van der Waals surface area (Å²) < 4.78 is 1.80. The quantitative estimate of drug-likeness (QED) is 0.756. The Morgan fingerprint density at radius 3 is 2.92 bits per heavy atom. The Morgan fingerprint density at radius 2 is 2.15 bits per heavy atom. The number of hydrogen-bond donors (Lipinski definition) is 2. The van der Waals surface area contributed by atoms with Crippen molar-refractivity contribution in [2.75, 3.05) is 18.0 Å². The van der Waals surface area contributed by atoms with Gasteiger partial charge in [0.15, 0.2) is 0 Å². The van der Waals surface area contributed by atoms with Gasteiger partial charge in [0.25, 0.3) is 5.91 Å². The molecule has 134 valence electrons. The Morgan fingerprint density at radius 1 is 1.31 bits per heavy atom. The molecule has 0 saturated carbocycles. The summed E-state index contributed by atoms with van der Waals surface area (Å²) >= 11 is 0. The van der Waals surface area contributed by atoms with Crippen LogP contribution in [-0.4, -0.2) is 45.0 Å². The second kappa shape index (κ2) is 7.03. The van der Waals surface area contributed by atoms with Crippen molar-refractivity contribution in [3.8, 4) is 11.3 Å². The molecule has 4 rings (SSSR count). The van der Waals surface area contributed by atoms with Crippen LogP contribution < -0.4 is 10.2 Å². The molecule has 2 N–H and O–H groups in total. The lowest BCUT2D eigenvalue weighted by molar-refractivity contribution is 0.0928. The fraction of sp³-hybridized carbons (Fsp3) is 0.316. The fourth-order valence-electron chi connectivity index (χ4n) is 3.36. The van der Waals surface area contributed by atoms with Crippen molar-refractivity contribution in [2.45, 2.75) is 18.9 Å². The first-order chi connectivity index (χ1) is 12.7. The van der Waals surface area contributed by atoms with Crippen molar-refractivity contribution in [3.05, 3.63) is 54.5 Å². The minimum atomic E-state index is -0.113. The van der Waals surface area contributed by atoms with Crippen molar-refractivity contribution in [2.24, 2.45) is 7.05 Å². The number of piperidine rings is 1. The van der Waals surface area contributed by atoms with Crippen LogP contribution in [0.15, 0.2) is 48.8 Å². The van der Waals surface area contributed by atoms with Crippen molar-refractivity contribution in [1.29, 1.82) is 0 Å². The summed E-state index contributed by atoms with van der Waals surface area (Å²) in [5.74, 6) is -0.113. The maximum absolute atomic E-state index is 12.6. The van der Waals surface area contributed by atoms with E-state index in [0.29, 0.717) is 5.69 Å². The van der Waals surface area contributed by atoms with Gasteiger partial charge in [0.2, 0.25) is 0 Å². The highest BCUT2D eigenvalue weighted by atomic mass is 16.2. The summed E-state index contributed by atoms with van der Waals surface area (Å²) in [6.07, 6.45) is 5.89. The maximum atomic E-state index is 12.6. The van der Waals surface area contributed by atoms with E-state index < -0.39 is 0 Å². The van der Waals surface area contributed by atoms with E-state index in [-0.39, 0.29) is 11.9 Å². The Hall–Kier alpha value is -3.09. The number of H-pyrrole nitrogens is 1. The molecule has 1 aliphatic heterocycles. The van der Waals surface area contributed by atoms with Gasteiger partial charge in [0.05, 0.1) is 17.6 Å². The summed E-state index contributed by atoms with van der Waals surface area (Å²) in [5.41, 5.74) is 3.35. The topological polar surface area (TPSA) is 78.8 Å². The van der Waals surface area contributed by atoms with Crippen LogP contribution >= 0.6 is 0 Å². The molecule has 1 aliphatic rings. The number of nitrogens with one attached hydrogen (secondary N) is 2. The van der Waals surface area contributed by atoms with Gasteiger partial charge in [-0.2, -0.15) is 10.2 Å². The van der Waals surface area contributed by atoms with Crippen LogP contribution in [0.2, 0.25) is 0 Å². The number of hydrogen-bond acceptors (Lipinski definition) is 4. The predicted octanol–water partition coefficient (Wildman–Crippen LogP) is 2.21. The number of carbonyl (C=O) groups excluding carboxylic acids is 1. The zero-order valence-electron chi connectivity index (χ0n) is 14.7. The molecular formula is C19H22N6O. The van der Waals surface area contributed by atoms with Gasteiger partial charge in [-0.15, -0.1) is 0 Å². The van der Waals surface area contributed by atoms with Gasteiger partial charge in [0, 0.05) is 37.9 Å². The first-order valence-electron chi connectivity index (χ1n) is 8.84. The van der Waals surface area contributed by atoms with E-state index in [2.05, 4.69) is 25.5 Å². The molecule has 2 aromatic heterocycles. The van der Waals surface area contributed by atoms with E-state index in [1.54, 1.807) is 10.7 Å². The van der Waals surface area contributed by atoms with Crippen LogP contribution in [0.25, 0.3) is 11.3 Å². The summed E-state index contributed by atoms with van der Waals surface area (Å²) in [7, 11) is 1.91.